The monoisotopic (exact) mass is 231 g/mol. The summed E-state index contributed by atoms with van der Waals surface area (Å²) >= 11 is 0. The Morgan fingerprint density at radius 3 is 2.82 bits per heavy atom. The molecular formula is C14H17NO2. The number of para-hydroxylation sites is 1. The summed E-state index contributed by atoms with van der Waals surface area (Å²) in [4.78, 5) is 0. The molecule has 0 bridgehead atoms. The van der Waals surface area contributed by atoms with Crippen molar-refractivity contribution in [2.45, 2.75) is 12.8 Å². The van der Waals surface area contributed by atoms with E-state index in [1.54, 1.807) is 12.1 Å². The molecule has 0 aliphatic carbocycles. The predicted octanol–water partition coefficient (Wildman–Crippen LogP) is 2.92. The summed E-state index contributed by atoms with van der Waals surface area (Å²) in [6.07, 6.45) is 3.83. The maximum atomic E-state index is 8.85. The van der Waals surface area contributed by atoms with E-state index in [4.69, 9.17) is 14.7 Å². The molecule has 0 aliphatic rings. The molecule has 0 N–H and O–H groups in total. The molecule has 3 nitrogen and oxygen atoms in total. The van der Waals surface area contributed by atoms with Crippen LogP contribution >= 0.6 is 0 Å². The highest BCUT2D eigenvalue weighted by molar-refractivity contribution is 5.42. The molecule has 0 amide bonds. The van der Waals surface area contributed by atoms with Crippen LogP contribution in [-0.4, -0.2) is 19.8 Å². The average Bonchev–Trinajstić information content (AvgIpc) is 2.38. The van der Waals surface area contributed by atoms with Crippen molar-refractivity contribution in [3.05, 3.63) is 42.5 Å². The second-order valence-electron chi connectivity index (χ2n) is 3.50. The van der Waals surface area contributed by atoms with Crippen LogP contribution < -0.4 is 4.74 Å². The van der Waals surface area contributed by atoms with E-state index in [0.717, 1.165) is 19.4 Å². The van der Waals surface area contributed by atoms with Crippen LogP contribution in [0.5, 0.6) is 5.75 Å². The van der Waals surface area contributed by atoms with Gasteiger partial charge in [-0.25, -0.2) is 0 Å². The number of nitriles is 1. The van der Waals surface area contributed by atoms with Crippen molar-refractivity contribution in [2.24, 2.45) is 0 Å². The quantitative estimate of drug-likeness (QED) is 0.510. The zero-order valence-electron chi connectivity index (χ0n) is 9.89. The second-order valence-corrected chi connectivity index (χ2v) is 3.50. The van der Waals surface area contributed by atoms with Gasteiger partial charge in [0.2, 0.25) is 0 Å². The Bertz CT molecular complexity index is 382. The Balaban J connectivity index is 2.18. The van der Waals surface area contributed by atoms with Crippen molar-refractivity contribution in [1.29, 1.82) is 5.26 Å². The lowest BCUT2D eigenvalue weighted by Gasteiger charge is -2.07. The first kappa shape index (κ1) is 13.3. The number of unbranched alkanes of at least 4 members (excludes halogenated alkanes) is 1. The van der Waals surface area contributed by atoms with Gasteiger partial charge in [0.05, 0.1) is 12.2 Å². The summed E-state index contributed by atoms with van der Waals surface area (Å²) in [5, 5.41) is 8.85. The topological polar surface area (TPSA) is 42.2 Å². The number of allylic oxidation sites excluding steroid dienone is 1. The van der Waals surface area contributed by atoms with Gasteiger partial charge in [-0.15, -0.1) is 6.58 Å². The third kappa shape index (κ3) is 5.19. The number of benzene rings is 1. The lowest BCUT2D eigenvalue weighted by atomic mass is 10.2. The summed E-state index contributed by atoms with van der Waals surface area (Å²) in [5.41, 5.74) is 0.555. The zero-order chi connectivity index (χ0) is 12.3. The van der Waals surface area contributed by atoms with Gasteiger partial charge in [0, 0.05) is 6.61 Å². The molecule has 0 spiro atoms. The molecule has 0 atom stereocenters. The fourth-order valence-corrected chi connectivity index (χ4v) is 1.33. The van der Waals surface area contributed by atoms with E-state index in [0.29, 0.717) is 24.5 Å². The van der Waals surface area contributed by atoms with Crippen molar-refractivity contribution in [3.63, 3.8) is 0 Å². The summed E-state index contributed by atoms with van der Waals surface area (Å²) in [5.74, 6) is 0.615. The van der Waals surface area contributed by atoms with E-state index in [2.05, 4.69) is 12.6 Å². The van der Waals surface area contributed by atoms with Crippen molar-refractivity contribution in [2.75, 3.05) is 19.8 Å². The lowest BCUT2D eigenvalue weighted by molar-refractivity contribution is 0.0987. The maximum Gasteiger partial charge on any atom is 0.137 e. The minimum absolute atomic E-state index is 0.465. The van der Waals surface area contributed by atoms with E-state index >= 15 is 0 Å². The lowest BCUT2D eigenvalue weighted by Crippen LogP contribution is -2.08. The predicted molar refractivity (Wildman–Crippen MR) is 66.9 cm³/mol. The highest BCUT2D eigenvalue weighted by Crippen LogP contribution is 2.16. The highest BCUT2D eigenvalue weighted by Gasteiger charge is 2.00. The molecule has 1 rings (SSSR count). The molecule has 0 heterocycles. The molecule has 17 heavy (non-hydrogen) atoms. The van der Waals surface area contributed by atoms with Gasteiger partial charge in [0.1, 0.15) is 18.4 Å². The van der Waals surface area contributed by atoms with Gasteiger partial charge in [-0.2, -0.15) is 5.26 Å². The second kappa shape index (κ2) is 8.37. The molecular weight excluding hydrogens is 214 g/mol. The molecule has 0 saturated carbocycles. The standard InChI is InChI=1S/C14H17NO2/c1-2-3-6-9-16-10-11-17-14-8-5-4-7-13(14)12-15/h2,4-5,7-8H,1,3,6,9-11H2. The maximum absolute atomic E-state index is 8.85. The third-order valence-corrected chi connectivity index (χ3v) is 2.19. The van der Waals surface area contributed by atoms with Gasteiger partial charge in [0.15, 0.2) is 0 Å². The van der Waals surface area contributed by atoms with Gasteiger partial charge < -0.3 is 9.47 Å². The number of ether oxygens (including phenoxy) is 2. The number of hydrogen-bond acceptors (Lipinski definition) is 3. The van der Waals surface area contributed by atoms with Gasteiger partial charge in [-0.1, -0.05) is 18.2 Å². The molecule has 0 aromatic heterocycles. The molecule has 3 heteroatoms. The smallest absolute Gasteiger partial charge is 0.137 e. The fourth-order valence-electron chi connectivity index (χ4n) is 1.33. The molecule has 0 unspecified atom stereocenters. The van der Waals surface area contributed by atoms with Crippen LogP contribution in [0.2, 0.25) is 0 Å². The molecule has 1 aromatic rings. The third-order valence-electron chi connectivity index (χ3n) is 2.19. The van der Waals surface area contributed by atoms with E-state index in [1.807, 2.05) is 18.2 Å². The van der Waals surface area contributed by atoms with E-state index in [9.17, 15) is 0 Å². The number of rotatable bonds is 8. The number of hydrogen-bond donors (Lipinski definition) is 0. The minimum atomic E-state index is 0.465. The van der Waals surface area contributed by atoms with Gasteiger partial charge in [-0.05, 0) is 25.0 Å². The van der Waals surface area contributed by atoms with Crippen LogP contribution in [0.4, 0.5) is 0 Å². The van der Waals surface area contributed by atoms with Gasteiger partial charge in [-0.3, -0.25) is 0 Å². The molecule has 1 aromatic carbocycles. The Labute approximate surface area is 102 Å². The first-order valence-electron chi connectivity index (χ1n) is 5.69. The summed E-state index contributed by atoms with van der Waals surface area (Å²) < 4.78 is 10.8. The van der Waals surface area contributed by atoms with Crippen molar-refractivity contribution < 1.29 is 9.47 Å². The zero-order valence-corrected chi connectivity index (χ0v) is 9.89. The molecule has 0 radical (unpaired) electrons. The van der Waals surface area contributed by atoms with Crippen LogP contribution in [0.25, 0.3) is 0 Å². The van der Waals surface area contributed by atoms with Crippen LogP contribution in [0.15, 0.2) is 36.9 Å². The fraction of sp³-hybridized carbons (Fsp3) is 0.357. The first-order chi connectivity index (χ1) is 8.38. The first-order valence-corrected chi connectivity index (χ1v) is 5.69. The minimum Gasteiger partial charge on any atom is -0.490 e. The van der Waals surface area contributed by atoms with Crippen LogP contribution in [0.1, 0.15) is 18.4 Å². The van der Waals surface area contributed by atoms with Crippen LogP contribution in [0.3, 0.4) is 0 Å². The molecule has 90 valence electrons. The van der Waals surface area contributed by atoms with Crippen molar-refractivity contribution in [1.82, 2.24) is 0 Å². The summed E-state index contributed by atoms with van der Waals surface area (Å²) in [6, 6.07) is 9.28. The van der Waals surface area contributed by atoms with Crippen LogP contribution in [0, 0.1) is 11.3 Å². The van der Waals surface area contributed by atoms with E-state index in [1.165, 1.54) is 0 Å². The van der Waals surface area contributed by atoms with E-state index in [-0.39, 0.29) is 0 Å². The molecule has 0 fully saturated rings. The molecule has 0 aliphatic heterocycles. The Kier molecular flexibility index (Phi) is 6.54. The van der Waals surface area contributed by atoms with E-state index < -0.39 is 0 Å². The molecule has 0 saturated heterocycles. The summed E-state index contributed by atoms with van der Waals surface area (Å²) in [6.45, 7) is 5.36. The Hall–Kier alpha value is -1.79. The van der Waals surface area contributed by atoms with Gasteiger partial charge in [0.25, 0.3) is 0 Å². The van der Waals surface area contributed by atoms with Crippen LogP contribution in [-0.2, 0) is 4.74 Å². The van der Waals surface area contributed by atoms with Crippen molar-refractivity contribution >= 4 is 0 Å². The average molecular weight is 231 g/mol. The normalized spacial score (nSPS) is 9.59. The van der Waals surface area contributed by atoms with Gasteiger partial charge >= 0.3 is 0 Å². The SMILES string of the molecule is C=CCCCOCCOc1ccccc1C#N. The largest absolute Gasteiger partial charge is 0.490 e. The highest BCUT2D eigenvalue weighted by atomic mass is 16.5. The number of nitrogens with zero attached hydrogens (tertiary/aromatic N) is 1. The Morgan fingerprint density at radius 1 is 1.24 bits per heavy atom. The van der Waals surface area contributed by atoms with Crippen molar-refractivity contribution in [3.8, 4) is 11.8 Å². The Morgan fingerprint density at radius 2 is 2.06 bits per heavy atom. The summed E-state index contributed by atoms with van der Waals surface area (Å²) in [7, 11) is 0.